The second-order valence-electron chi connectivity index (χ2n) is 4.31. The van der Waals surface area contributed by atoms with Gasteiger partial charge >= 0.3 is 0 Å². The quantitative estimate of drug-likeness (QED) is 0.719. The molecule has 0 saturated heterocycles. The van der Waals surface area contributed by atoms with Crippen LogP contribution >= 0.6 is 11.8 Å². The number of carbonyl (C=O) groups is 1. The zero-order valence-electron chi connectivity index (χ0n) is 10.9. The maximum Gasteiger partial charge on any atom is 0.236 e. The summed E-state index contributed by atoms with van der Waals surface area (Å²) in [6.07, 6.45) is 0. The lowest BCUT2D eigenvalue weighted by atomic mass is 10.1. The van der Waals surface area contributed by atoms with Gasteiger partial charge in [-0.3, -0.25) is 4.79 Å². The molecule has 0 fully saturated rings. The Hall–Kier alpha value is -2.54. The molecule has 3 aromatic rings. The normalized spacial score (nSPS) is 10.7. The Morgan fingerprint density at radius 1 is 1.19 bits per heavy atom. The summed E-state index contributed by atoms with van der Waals surface area (Å²) >= 11 is 1.45. The van der Waals surface area contributed by atoms with E-state index in [4.69, 9.17) is 5.73 Å². The van der Waals surface area contributed by atoms with Gasteiger partial charge in [0.05, 0.1) is 5.75 Å². The molecule has 0 unspecified atom stereocenters. The molecule has 0 aliphatic rings. The highest BCUT2D eigenvalue weighted by molar-refractivity contribution is 8.00. The zero-order valence-corrected chi connectivity index (χ0v) is 11.8. The molecule has 0 atom stereocenters. The van der Waals surface area contributed by atoms with E-state index in [0.717, 1.165) is 15.7 Å². The van der Waals surface area contributed by atoms with Crippen LogP contribution in [0.4, 0.5) is 11.6 Å². The molecule has 0 spiro atoms. The van der Waals surface area contributed by atoms with Gasteiger partial charge in [-0.05, 0) is 27.2 Å². The monoisotopic (exact) mass is 300 g/mol. The van der Waals surface area contributed by atoms with E-state index >= 15 is 0 Å². The van der Waals surface area contributed by atoms with Crippen LogP contribution in [0, 0.1) is 0 Å². The topological polar surface area (TPSA) is 94.0 Å². The number of hydrogen-bond donors (Lipinski definition) is 2. The minimum absolute atomic E-state index is 0.0681. The van der Waals surface area contributed by atoms with Crippen LogP contribution in [0.2, 0.25) is 0 Å². The molecule has 106 valence electrons. The lowest BCUT2D eigenvalue weighted by Crippen LogP contribution is -2.15. The summed E-state index contributed by atoms with van der Waals surface area (Å²) in [5.41, 5.74) is 5.48. The van der Waals surface area contributed by atoms with Gasteiger partial charge in [-0.1, -0.05) is 36.4 Å². The fourth-order valence-electron chi connectivity index (χ4n) is 1.92. The standard InChI is InChI=1S/C14H12N4O2S/c15-13-14(18-20-17-13)16-12(19)8-21-11-7-3-5-9-4-1-2-6-10(9)11/h1-7H,8H2,(H2,15,17)(H,16,18,19). The Kier molecular flexibility index (Phi) is 3.74. The molecule has 0 radical (unpaired) electrons. The van der Waals surface area contributed by atoms with Gasteiger partial charge in [-0.2, -0.15) is 0 Å². The van der Waals surface area contributed by atoms with E-state index in [2.05, 4.69) is 20.3 Å². The van der Waals surface area contributed by atoms with Crippen LogP contribution in [0.1, 0.15) is 0 Å². The van der Waals surface area contributed by atoms with Crippen molar-refractivity contribution in [3.05, 3.63) is 42.5 Å². The number of aromatic nitrogens is 2. The second kappa shape index (κ2) is 5.84. The lowest BCUT2D eigenvalue weighted by Gasteiger charge is -2.06. The maximum atomic E-state index is 11.9. The van der Waals surface area contributed by atoms with Crippen molar-refractivity contribution >= 4 is 40.1 Å². The molecular formula is C14H12N4O2S. The Balaban J connectivity index is 1.69. The van der Waals surface area contributed by atoms with Crippen molar-refractivity contribution in [1.82, 2.24) is 10.3 Å². The molecule has 1 heterocycles. The third-order valence-electron chi connectivity index (χ3n) is 2.88. The van der Waals surface area contributed by atoms with E-state index in [9.17, 15) is 4.79 Å². The van der Waals surface area contributed by atoms with Crippen LogP contribution in [0.25, 0.3) is 10.8 Å². The lowest BCUT2D eigenvalue weighted by molar-refractivity contribution is -0.113. The summed E-state index contributed by atoms with van der Waals surface area (Å²) in [6, 6.07) is 14.1. The highest BCUT2D eigenvalue weighted by Gasteiger charge is 2.11. The number of anilines is 2. The van der Waals surface area contributed by atoms with Crippen molar-refractivity contribution in [3.63, 3.8) is 0 Å². The summed E-state index contributed by atoms with van der Waals surface area (Å²) < 4.78 is 4.42. The zero-order chi connectivity index (χ0) is 14.7. The van der Waals surface area contributed by atoms with Gasteiger partial charge in [0.2, 0.25) is 17.5 Å². The van der Waals surface area contributed by atoms with E-state index < -0.39 is 0 Å². The van der Waals surface area contributed by atoms with Gasteiger partial charge in [0.15, 0.2) is 0 Å². The number of benzene rings is 2. The van der Waals surface area contributed by atoms with Gasteiger partial charge < -0.3 is 11.1 Å². The van der Waals surface area contributed by atoms with Crippen LogP contribution in [-0.4, -0.2) is 22.0 Å². The predicted molar refractivity (Wildman–Crippen MR) is 82.0 cm³/mol. The van der Waals surface area contributed by atoms with Crippen LogP contribution in [-0.2, 0) is 4.79 Å². The third-order valence-corrected chi connectivity index (χ3v) is 3.95. The molecule has 1 amide bonds. The number of amides is 1. The number of hydrogen-bond acceptors (Lipinski definition) is 6. The van der Waals surface area contributed by atoms with Crippen LogP contribution < -0.4 is 11.1 Å². The average Bonchev–Trinajstić information content (AvgIpc) is 2.90. The van der Waals surface area contributed by atoms with Gasteiger partial charge in [-0.25, -0.2) is 4.63 Å². The Morgan fingerprint density at radius 2 is 2.00 bits per heavy atom. The number of nitrogen functional groups attached to an aromatic ring is 1. The van der Waals surface area contributed by atoms with Gasteiger partial charge in [0.25, 0.3) is 0 Å². The molecule has 0 aliphatic heterocycles. The van der Waals surface area contributed by atoms with E-state index in [0.29, 0.717) is 0 Å². The smallest absolute Gasteiger partial charge is 0.236 e. The minimum atomic E-state index is -0.213. The van der Waals surface area contributed by atoms with Crippen molar-refractivity contribution in [1.29, 1.82) is 0 Å². The predicted octanol–water partition coefficient (Wildman–Crippen LogP) is 2.54. The second-order valence-corrected chi connectivity index (χ2v) is 5.33. The van der Waals surface area contributed by atoms with Crippen LogP contribution in [0.15, 0.2) is 52.0 Å². The number of nitrogens with zero attached hydrogens (tertiary/aromatic N) is 2. The number of nitrogens with one attached hydrogen (secondary N) is 1. The molecule has 6 nitrogen and oxygen atoms in total. The van der Waals surface area contributed by atoms with Crippen LogP contribution in [0.3, 0.4) is 0 Å². The first-order chi connectivity index (χ1) is 10.2. The molecular weight excluding hydrogens is 288 g/mol. The largest absolute Gasteiger partial charge is 0.378 e. The molecule has 7 heteroatoms. The molecule has 0 saturated carbocycles. The molecule has 1 aromatic heterocycles. The molecule has 0 aliphatic carbocycles. The number of rotatable bonds is 4. The maximum absolute atomic E-state index is 11.9. The molecule has 3 N–H and O–H groups in total. The van der Waals surface area contributed by atoms with Crippen molar-refractivity contribution in [2.24, 2.45) is 0 Å². The summed E-state index contributed by atoms with van der Waals surface area (Å²) in [4.78, 5) is 12.9. The molecule has 0 bridgehead atoms. The highest BCUT2D eigenvalue weighted by Crippen LogP contribution is 2.27. The Labute approximate surface area is 124 Å². The fourth-order valence-corrected chi connectivity index (χ4v) is 2.79. The summed E-state index contributed by atoms with van der Waals surface area (Å²) in [5.74, 6) is 0.257. The molecule has 2 aromatic carbocycles. The first-order valence-electron chi connectivity index (χ1n) is 6.22. The number of fused-ring (bicyclic) bond motifs is 1. The van der Waals surface area contributed by atoms with E-state index in [1.54, 1.807) is 0 Å². The van der Waals surface area contributed by atoms with Gasteiger partial charge in [0.1, 0.15) is 0 Å². The summed E-state index contributed by atoms with van der Waals surface area (Å²) in [6.45, 7) is 0. The first-order valence-corrected chi connectivity index (χ1v) is 7.21. The third kappa shape index (κ3) is 2.97. The van der Waals surface area contributed by atoms with Crippen molar-refractivity contribution in [2.75, 3.05) is 16.8 Å². The summed E-state index contributed by atoms with van der Waals surface area (Å²) in [7, 11) is 0. The Bertz CT molecular complexity index is 782. The van der Waals surface area contributed by atoms with Crippen molar-refractivity contribution < 1.29 is 9.42 Å². The van der Waals surface area contributed by atoms with Crippen molar-refractivity contribution in [3.8, 4) is 0 Å². The summed E-state index contributed by atoms with van der Waals surface area (Å²) in [5, 5.41) is 11.7. The van der Waals surface area contributed by atoms with E-state index in [1.165, 1.54) is 11.8 Å². The van der Waals surface area contributed by atoms with E-state index in [-0.39, 0.29) is 23.3 Å². The Morgan fingerprint density at radius 3 is 2.81 bits per heavy atom. The molecule has 3 rings (SSSR count). The number of carbonyl (C=O) groups excluding carboxylic acids is 1. The first kappa shape index (κ1) is 13.4. The number of thioether (sulfide) groups is 1. The minimum Gasteiger partial charge on any atom is -0.378 e. The van der Waals surface area contributed by atoms with Crippen LogP contribution in [0.5, 0.6) is 0 Å². The number of nitrogens with two attached hydrogens (primary N) is 1. The average molecular weight is 300 g/mol. The van der Waals surface area contributed by atoms with Gasteiger partial charge in [0, 0.05) is 4.90 Å². The SMILES string of the molecule is Nc1nonc1NC(=O)CSc1cccc2ccccc12. The van der Waals surface area contributed by atoms with E-state index in [1.807, 2.05) is 42.5 Å². The van der Waals surface area contributed by atoms with Crippen molar-refractivity contribution in [2.45, 2.75) is 4.90 Å². The van der Waals surface area contributed by atoms with Gasteiger partial charge in [-0.15, -0.1) is 11.8 Å². The molecule has 21 heavy (non-hydrogen) atoms. The highest BCUT2D eigenvalue weighted by atomic mass is 32.2. The fraction of sp³-hybridized carbons (Fsp3) is 0.0714.